The molecular weight excluding hydrogens is 486 g/mol. The minimum Gasteiger partial charge on any atom is -0.455 e. The molecule has 0 aliphatic rings. The Hall–Kier alpha value is -5.34. The summed E-state index contributed by atoms with van der Waals surface area (Å²) in [5.74, 6) is 0. The highest BCUT2D eigenvalue weighted by atomic mass is 16.3. The monoisotopic (exact) mass is 509 g/mol. The molecule has 186 valence electrons. The van der Waals surface area contributed by atoms with Crippen molar-refractivity contribution in [3.05, 3.63) is 140 Å². The second-order valence-corrected chi connectivity index (χ2v) is 10.6. The number of para-hydroxylation sites is 3. The zero-order valence-electron chi connectivity index (χ0n) is 21.6. The van der Waals surface area contributed by atoms with Crippen LogP contribution in [0.25, 0.3) is 82.1 Å². The molecule has 0 aliphatic carbocycles. The molecule has 0 fully saturated rings. The Labute approximate surface area is 230 Å². The van der Waals surface area contributed by atoms with E-state index in [0.717, 1.165) is 33.1 Å². The largest absolute Gasteiger partial charge is 0.455 e. The van der Waals surface area contributed by atoms with Gasteiger partial charge in [0.25, 0.3) is 0 Å². The molecule has 0 spiro atoms. The van der Waals surface area contributed by atoms with Crippen LogP contribution in [0.4, 0.5) is 0 Å². The minimum atomic E-state index is 0.923. The lowest BCUT2D eigenvalue weighted by Gasteiger charge is -2.11. The Morgan fingerprint density at radius 1 is 0.425 bits per heavy atom. The molecule has 0 atom stereocenters. The molecule has 2 heteroatoms. The van der Waals surface area contributed by atoms with E-state index >= 15 is 0 Å². The molecule has 9 rings (SSSR count). The van der Waals surface area contributed by atoms with Gasteiger partial charge in [0.15, 0.2) is 0 Å². The van der Waals surface area contributed by atoms with Gasteiger partial charge in [0.05, 0.1) is 11.0 Å². The lowest BCUT2D eigenvalue weighted by atomic mass is 10.00. The van der Waals surface area contributed by atoms with E-state index in [-0.39, 0.29) is 0 Å². The highest BCUT2D eigenvalue weighted by Gasteiger charge is 2.16. The quantitative estimate of drug-likeness (QED) is 0.212. The Bertz CT molecular complexity index is 2440. The van der Waals surface area contributed by atoms with Crippen LogP contribution in [0.5, 0.6) is 0 Å². The fourth-order valence-electron chi connectivity index (χ4n) is 6.52. The Balaban J connectivity index is 1.31. The smallest absolute Gasteiger partial charge is 0.143 e. The second-order valence-electron chi connectivity index (χ2n) is 10.6. The van der Waals surface area contributed by atoms with Gasteiger partial charge in [-0.15, -0.1) is 0 Å². The van der Waals surface area contributed by atoms with Gasteiger partial charge in [0.2, 0.25) is 0 Å². The van der Waals surface area contributed by atoms with Crippen LogP contribution in [0, 0.1) is 0 Å². The average molecular weight is 510 g/mol. The fraction of sp³-hybridized carbons (Fsp3) is 0. The third-order valence-electron chi connectivity index (χ3n) is 8.38. The molecular formula is C38H23NO. The summed E-state index contributed by atoms with van der Waals surface area (Å²) in [5, 5.41) is 9.86. The predicted octanol–water partition coefficient (Wildman–Crippen LogP) is 10.7. The van der Waals surface area contributed by atoms with Gasteiger partial charge in [-0.2, -0.15) is 0 Å². The molecule has 0 aliphatic heterocycles. The maximum atomic E-state index is 6.38. The van der Waals surface area contributed by atoms with Gasteiger partial charge in [-0.25, -0.2) is 0 Å². The number of furan rings is 1. The van der Waals surface area contributed by atoms with Crippen molar-refractivity contribution in [1.82, 2.24) is 4.57 Å². The van der Waals surface area contributed by atoms with Crippen molar-refractivity contribution < 1.29 is 4.42 Å². The molecule has 0 unspecified atom stereocenters. The van der Waals surface area contributed by atoms with Crippen molar-refractivity contribution in [2.75, 3.05) is 0 Å². The van der Waals surface area contributed by atoms with Crippen molar-refractivity contribution in [3.63, 3.8) is 0 Å². The fourth-order valence-corrected chi connectivity index (χ4v) is 6.52. The summed E-state index contributed by atoms with van der Waals surface area (Å²) in [6.45, 7) is 0. The number of hydrogen-bond acceptors (Lipinski definition) is 1. The Morgan fingerprint density at radius 3 is 2.05 bits per heavy atom. The molecule has 2 nitrogen and oxygen atoms in total. The molecule has 0 bridgehead atoms. The normalized spacial score (nSPS) is 12.0. The first-order chi connectivity index (χ1) is 19.8. The number of benzene rings is 7. The third-order valence-corrected chi connectivity index (χ3v) is 8.38. The number of aromatic nitrogens is 1. The van der Waals surface area contributed by atoms with Gasteiger partial charge in [0.1, 0.15) is 11.2 Å². The van der Waals surface area contributed by atoms with Crippen molar-refractivity contribution in [2.24, 2.45) is 0 Å². The van der Waals surface area contributed by atoms with E-state index in [4.69, 9.17) is 4.42 Å². The van der Waals surface area contributed by atoms with Crippen LogP contribution in [-0.2, 0) is 0 Å². The van der Waals surface area contributed by atoms with Crippen molar-refractivity contribution in [1.29, 1.82) is 0 Å². The summed E-state index contributed by atoms with van der Waals surface area (Å²) in [6, 6.07) is 50.2. The Morgan fingerprint density at radius 2 is 1.12 bits per heavy atom. The standard InChI is InChI=1S/C38H23NO/c1-2-9-28-24(8-1)16-17-25-18-20-27(23-33(25)28)39-35-14-5-3-10-30(35)34-22-26(19-21-36(34)39)29-12-7-13-32-31-11-4-6-15-37(31)40-38(29)32/h1-23H. The molecule has 0 radical (unpaired) electrons. The average Bonchev–Trinajstić information content (AvgIpc) is 3.56. The lowest BCUT2D eigenvalue weighted by Crippen LogP contribution is -1.94. The van der Waals surface area contributed by atoms with E-state index in [1.807, 2.05) is 12.1 Å². The highest BCUT2D eigenvalue weighted by Crippen LogP contribution is 2.39. The first kappa shape index (κ1) is 21.6. The van der Waals surface area contributed by atoms with E-state index in [1.165, 1.54) is 49.0 Å². The van der Waals surface area contributed by atoms with Crippen molar-refractivity contribution in [3.8, 4) is 16.8 Å². The van der Waals surface area contributed by atoms with E-state index in [9.17, 15) is 0 Å². The van der Waals surface area contributed by atoms with E-state index in [0.29, 0.717) is 0 Å². The van der Waals surface area contributed by atoms with Crippen LogP contribution < -0.4 is 0 Å². The summed E-state index contributed by atoms with van der Waals surface area (Å²) in [6.07, 6.45) is 0. The summed E-state index contributed by atoms with van der Waals surface area (Å²) in [5.41, 5.74) is 7.70. The summed E-state index contributed by atoms with van der Waals surface area (Å²) < 4.78 is 8.78. The van der Waals surface area contributed by atoms with Gasteiger partial charge in [-0.05, 0) is 63.5 Å². The molecule has 0 N–H and O–H groups in total. The maximum Gasteiger partial charge on any atom is 0.143 e. The number of fused-ring (bicyclic) bond motifs is 9. The second kappa shape index (κ2) is 8.08. The zero-order valence-corrected chi connectivity index (χ0v) is 21.6. The molecule has 0 saturated carbocycles. The van der Waals surface area contributed by atoms with Gasteiger partial charge in [0, 0.05) is 32.8 Å². The number of rotatable bonds is 2. The number of hydrogen-bond donors (Lipinski definition) is 0. The topological polar surface area (TPSA) is 18.1 Å². The minimum absolute atomic E-state index is 0.923. The third kappa shape index (κ3) is 2.99. The molecule has 0 amide bonds. The molecule has 2 heterocycles. The van der Waals surface area contributed by atoms with Crippen LogP contribution in [0.15, 0.2) is 144 Å². The maximum absolute atomic E-state index is 6.38. The van der Waals surface area contributed by atoms with Gasteiger partial charge in [-0.1, -0.05) is 103 Å². The first-order valence-corrected chi connectivity index (χ1v) is 13.7. The molecule has 9 aromatic rings. The van der Waals surface area contributed by atoms with Crippen LogP contribution in [0.2, 0.25) is 0 Å². The van der Waals surface area contributed by atoms with Crippen molar-refractivity contribution in [2.45, 2.75) is 0 Å². The highest BCUT2D eigenvalue weighted by molar-refractivity contribution is 6.14. The van der Waals surface area contributed by atoms with Crippen LogP contribution in [0.1, 0.15) is 0 Å². The van der Waals surface area contributed by atoms with Crippen LogP contribution >= 0.6 is 0 Å². The van der Waals surface area contributed by atoms with Gasteiger partial charge >= 0.3 is 0 Å². The molecule has 7 aromatic carbocycles. The summed E-state index contributed by atoms with van der Waals surface area (Å²) >= 11 is 0. The predicted molar refractivity (Wildman–Crippen MR) is 169 cm³/mol. The number of nitrogens with zero attached hydrogens (tertiary/aromatic N) is 1. The molecule has 2 aromatic heterocycles. The lowest BCUT2D eigenvalue weighted by molar-refractivity contribution is 0.670. The summed E-state index contributed by atoms with van der Waals surface area (Å²) in [4.78, 5) is 0. The van der Waals surface area contributed by atoms with Gasteiger partial charge < -0.3 is 8.98 Å². The van der Waals surface area contributed by atoms with Crippen LogP contribution in [-0.4, -0.2) is 4.57 Å². The van der Waals surface area contributed by atoms with E-state index in [1.54, 1.807) is 0 Å². The van der Waals surface area contributed by atoms with E-state index in [2.05, 4.69) is 132 Å². The molecule has 0 saturated heterocycles. The van der Waals surface area contributed by atoms with E-state index < -0.39 is 0 Å². The zero-order chi connectivity index (χ0) is 26.2. The van der Waals surface area contributed by atoms with Crippen LogP contribution in [0.3, 0.4) is 0 Å². The van der Waals surface area contributed by atoms with Gasteiger partial charge in [-0.3, -0.25) is 0 Å². The Kier molecular flexibility index (Phi) is 4.36. The summed E-state index contributed by atoms with van der Waals surface area (Å²) in [7, 11) is 0. The molecule has 40 heavy (non-hydrogen) atoms. The van der Waals surface area contributed by atoms with Crippen molar-refractivity contribution >= 4 is 65.3 Å². The first-order valence-electron chi connectivity index (χ1n) is 13.7. The SMILES string of the molecule is c1ccc2c(c1)ccc1ccc(-n3c4ccccc4c4cc(-c5cccc6c5oc5ccccc56)ccc43)cc12.